The Bertz CT molecular complexity index is 535. The smallest absolute Gasteiger partial charge is 0.160 e. The van der Waals surface area contributed by atoms with E-state index < -0.39 is 0 Å². The minimum Gasteiger partial charge on any atom is -0.294 e. The van der Waals surface area contributed by atoms with E-state index in [0.29, 0.717) is 18.1 Å². The number of rotatable bonds is 4. The van der Waals surface area contributed by atoms with Crippen LogP contribution in [0.15, 0.2) is 35.0 Å². The van der Waals surface area contributed by atoms with Crippen molar-refractivity contribution < 1.29 is 0 Å². The SMILES string of the molecule is CN(C/C(Cl)=C/Cl)Cc1nnc2ccccn12. The minimum absolute atomic E-state index is 0.590. The van der Waals surface area contributed by atoms with Crippen LogP contribution in [0.25, 0.3) is 5.65 Å². The van der Waals surface area contributed by atoms with E-state index in [-0.39, 0.29) is 0 Å². The fraction of sp³-hybridized carbons (Fsp3) is 0.273. The molecule has 0 unspecified atom stereocenters. The molecule has 0 N–H and O–H groups in total. The predicted octanol–water partition coefficient (Wildman–Crippen LogP) is 2.48. The molecule has 0 spiro atoms. The molecule has 17 heavy (non-hydrogen) atoms. The Hall–Kier alpha value is -1.10. The number of likely N-dealkylation sites (N-methyl/N-ethyl adjacent to an activating group) is 1. The van der Waals surface area contributed by atoms with Crippen molar-refractivity contribution in [1.29, 1.82) is 0 Å². The van der Waals surface area contributed by atoms with Crippen LogP contribution in [0.5, 0.6) is 0 Å². The average molecular weight is 271 g/mol. The molecule has 0 amide bonds. The van der Waals surface area contributed by atoms with Crippen LogP contribution >= 0.6 is 23.2 Å². The van der Waals surface area contributed by atoms with Crippen LogP contribution in [-0.2, 0) is 6.54 Å². The van der Waals surface area contributed by atoms with Gasteiger partial charge in [0.05, 0.1) is 6.54 Å². The molecule has 0 radical (unpaired) electrons. The molecule has 2 rings (SSSR count). The van der Waals surface area contributed by atoms with Crippen molar-refractivity contribution in [3.63, 3.8) is 0 Å². The van der Waals surface area contributed by atoms with E-state index in [1.54, 1.807) is 0 Å². The summed E-state index contributed by atoms with van der Waals surface area (Å²) in [6.45, 7) is 1.25. The molecule has 0 saturated carbocycles. The second-order valence-corrected chi connectivity index (χ2v) is 4.48. The van der Waals surface area contributed by atoms with Gasteiger partial charge < -0.3 is 0 Å². The summed E-state index contributed by atoms with van der Waals surface area (Å²) in [6, 6.07) is 5.80. The third-order valence-corrected chi connectivity index (χ3v) is 2.94. The van der Waals surface area contributed by atoms with Crippen molar-refractivity contribution in [2.75, 3.05) is 13.6 Å². The fourth-order valence-electron chi connectivity index (χ4n) is 1.59. The Labute approximate surface area is 109 Å². The summed E-state index contributed by atoms with van der Waals surface area (Å²) >= 11 is 11.4. The van der Waals surface area contributed by atoms with Gasteiger partial charge in [-0.2, -0.15) is 0 Å². The molecule has 0 aliphatic rings. The summed E-state index contributed by atoms with van der Waals surface area (Å²) in [5, 5.41) is 8.83. The molecular formula is C11H12Cl2N4. The van der Waals surface area contributed by atoms with E-state index in [2.05, 4.69) is 10.2 Å². The molecule has 2 heterocycles. The number of fused-ring (bicyclic) bond motifs is 1. The highest BCUT2D eigenvalue weighted by Gasteiger charge is 2.08. The van der Waals surface area contributed by atoms with Crippen molar-refractivity contribution in [2.24, 2.45) is 0 Å². The van der Waals surface area contributed by atoms with E-state index >= 15 is 0 Å². The predicted molar refractivity (Wildman–Crippen MR) is 69.1 cm³/mol. The summed E-state index contributed by atoms with van der Waals surface area (Å²) < 4.78 is 1.95. The Morgan fingerprint density at radius 2 is 2.29 bits per heavy atom. The van der Waals surface area contributed by atoms with Gasteiger partial charge >= 0.3 is 0 Å². The first-order valence-corrected chi connectivity index (χ1v) is 5.94. The summed E-state index contributed by atoms with van der Waals surface area (Å²) in [4.78, 5) is 2.02. The molecule has 4 nitrogen and oxygen atoms in total. The number of pyridine rings is 1. The first-order valence-electron chi connectivity index (χ1n) is 5.12. The molecule has 0 atom stereocenters. The standard InChI is InChI=1S/C11H12Cl2N4/c1-16(7-9(13)6-12)8-11-15-14-10-4-2-3-5-17(10)11/h2-6H,7-8H2,1H3/b9-6-. The Balaban J connectivity index is 2.13. The highest BCUT2D eigenvalue weighted by molar-refractivity contribution is 6.36. The summed E-state index contributed by atoms with van der Waals surface area (Å²) in [6.07, 6.45) is 1.94. The summed E-state index contributed by atoms with van der Waals surface area (Å²) in [5.74, 6) is 0.877. The zero-order valence-corrected chi connectivity index (χ0v) is 10.9. The minimum atomic E-state index is 0.590. The molecular weight excluding hydrogens is 259 g/mol. The highest BCUT2D eigenvalue weighted by atomic mass is 35.5. The van der Waals surface area contributed by atoms with Gasteiger partial charge in [-0.3, -0.25) is 9.30 Å². The number of hydrogen-bond donors (Lipinski definition) is 0. The molecule has 0 saturated heterocycles. The third kappa shape index (κ3) is 2.97. The monoisotopic (exact) mass is 270 g/mol. The molecule has 0 bridgehead atoms. The Morgan fingerprint density at radius 3 is 3.06 bits per heavy atom. The van der Waals surface area contributed by atoms with Gasteiger partial charge in [0.1, 0.15) is 0 Å². The number of halogens is 2. The Kier molecular flexibility index (Phi) is 3.99. The van der Waals surface area contributed by atoms with Crippen molar-refractivity contribution >= 4 is 28.8 Å². The van der Waals surface area contributed by atoms with Gasteiger partial charge in [0.2, 0.25) is 0 Å². The molecule has 0 aliphatic carbocycles. The van der Waals surface area contributed by atoms with Gasteiger partial charge in [-0.1, -0.05) is 29.3 Å². The molecule has 0 aromatic carbocycles. The van der Waals surface area contributed by atoms with Gasteiger partial charge in [-0.15, -0.1) is 10.2 Å². The van der Waals surface area contributed by atoms with Gasteiger partial charge in [0.25, 0.3) is 0 Å². The van der Waals surface area contributed by atoms with Gasteiger partial charge in [-0.05, 0) is 19.2 Å². The normalized spacial score (nSPS) is 12.6. The molecule has 6 heteroatoms. The second-order valence-electron chi connectivity index (χ2n) is 3.77. The topological polar surface area (TPSA) is 33.4 Å². The largest absolute Gasteiger partial charge is 0.294 e. The van der Waals surface area contributed by atoms with Crippen LogP contribution < -0.4 is 0 Å². The van der Waals surface area contributed by atoms with Gasteiger partial charge in [0, 0.05) is 23.3 Å². The lowest BCUT2D eigenvalue weighted by Crippen LogP contribution is -2.20. The molecule has 2 aromatic heterocycles. The van der Waals surface area contributed by atoms with Crippen LogP contribution in [0.1, 0.15) is 5.82 Å². The van der Waals surface area contributed by atoms with Crippen LogP contribution in [0.3, 0.4) is 0 Å². The van der Waals surface area contributed by atoms with Crippen LogP contribution in [-0.4, -0.2) is 33.1 Å². The van der Waals surface area contributed by atoms with E-state index in [1.165, 1.54) is 5.54 Å². The third-order valence-electron chi connectivity index (χ3n) is 2.34. The fourth-order valence-corrected chi connectivity index (χ4v) is 1.86. The van der Waals surface area contributed by atoms with Gasteiger partial charge in [0.15, 0.2) is 11.5 Å². The van der Waals surface area contributed by atoms with Crippen molar-refractivity contribution in [1.82, 2.24) is 19.5 Å². The van der Waals surface area contributed by atoms with Gasteiger partial charge in [-0.25, -0.2) is 0 Å². The maximum atomic E-state index is 5.86. The number of aromatic nitrogens is 3. The first-order chi connectivity index (χ1) is 8.20. The molecule has 0 fully saturated rings. The van der Waals surface area contributed by atoms with E-state index in [9.17, 15) is 0 Å². The van der Waals surface area contributed by atoms with E-state index in [4.69, 9.17) is 23.2 Å². The summed E-state index contributed by atoms with van der Waals surface area (Å²) in [7, 11) is 1.95. The molecule has 90 valence electrons. The Morgan fingerprint density at radius 1 is 1.47 bits per heavy atom. The first kappa shape index (κ1) is 12.4. The lowest BCUT2D eigenvalue weighted by molar-refractivity contribution is 0.349. The zero-order valence-electron chi connectivity index (χ0n) is 9.35. The van der Waals surface area contributed by atoms with Crippen LogP contribution in [0, 0.1) is 0 Å². The van der Waals surface area contributed by atoms with Crippen LogP contribution in [0.2, 0.25) is 0 Å². The quantitative estimate of drug-likeness (QED) is 0.856. The van der Waals surface area contributed by atoms with Crippen molar-refractivity contribution in [3.05, 3.63) is 40.8 Å². The van der Waals surface area contributed by atoms with Crippen molar-refractivity contribution in [3.8, 4) is 0 Å². The second kappa shape index (κ2) is 5.49. The highest BCUT2D eigenvalue weighted by Crippen LogP contribution is 2.09. The maximum Gasteiger partial charge on any atom is 0.160 e. The lowest BCUT2D eigenvalue weighted by Gasteiger charge is -2.14. The van der Waals surface area contributed by atoms with E-state index in [0.717, 1.165) is 11.5 Å². The number of nitrogens with zero attached hydrogens (tertiary/aromatic N) is 4. The van der Waals surface area contributed by atoms with Crippen LogP contribution in [0.4, 0.5) is 0 Å². The average Bonchev–Trinajstić information content (AvgIpc) is 2.72. The molecule has 2 aromatic rings. The van der Waals surface area contributed by atoms with Crippen molar-refractivity contribution in [2.45, 2.75) is 6.54 Å². The molecule has 0 aliphatic heterocycles. The summed E-state index contributed by atoms with van der Waals surface area (Å²) in [5.41, 5.74) is 2.22. The maximum absolute atomic E-state index is 5.86. The van der Waals surface area contributed by atoms with E-state index in [1.807, 2.05) is 40.7 Å². The zero-order chi connectivity index (χ0) is 12.3. The number of hydrogen-bond acceptors (Lipinski definition) is 3. The lowest BCUT2D eigenvalue weighted by atomic mass is 10.4.